The van der Waals surface area contributed by atoms with Crippen molar-refractivity contribution in [1.29, 1.82) is 0 Å². The van der Waals surface area contributed by atoms with Gasteiger partial charge in [0.05, 0.1) is 18.8 Å². The van der Waals surface area contributed by atoms with Crippen LogP contribution >= 0.6 is 11.8 Å². The van der Waals surface area contributed by atoms with Crippen LogP contribution in [-0.2, 0) is 19.1 Å². The van der Waals surface area contributed by atoms with Crippen LogP contribution in [-0.4, -0.2) is 46.8 Å². The lowest BCUT2D eigenvalue weighted by atomic mass is 10.1. The van der Waals surface area contributed by atoms with Crippen LogP contribution in [0.2, 0.25) is 0 Å². The molecule has 0 spiro atoms. The van der Waals surface area contributed by atoms with Gasteiger partial charge in [-0.1, -0.05) is 0 Å². The zero-order valence-electron chi connectivity index (χ0n) is 12.2. The topological polar surface area (TPSA) is 63.7 Å². The van der Waals surface area contributed by atoms with Crippen LogP contribution in [0.25, 0.3) is 0 Å². The summed E-state index contributed by atoms with van der Waals surface area (Å²) in [4.78, 5) is 36.7. The van der Waals surface area contributed by atoms with Crippen molar-refractivity contribution in [3.8, 4) is 0 Å². The molecule has 1 unspecified atom stereocenters. The highest BCUT2D eigenvalue weighted by Gasteiger charge is 2.47. The predicted octanol–water partition coefficient (Wildman–Crippen LogP) is 1.60. The number of hydrogen-bond acceptors (Lipinski definition) is 5. The number of esters is 1. The van der Waals surface area contributed by atoms with E-state index in [9.17, 15) is 14.4 Å². The number of rotatable bonds is 6. The summed E-state index contributed by atoms with van der Waals surface area (Å²) in [6.07, 6.45) is 2.70. The maximum Gasteiger partial charge on any atom is 0.306 e. The SMILES string of the molecule is COC(=O)CC1(CSC2CC(=O)N(C(C)C)C2=O)CC1. The Kier molecular flexibility index (Phi) is 4.42. The number of hydrogen-bond donors (Lipinski definition) is 0. The third-order valence-electron chi connectivity index (χ3n) is 3.95. The van der Waals surface area contributed by atoms with E-state index in [0.29, 0.717) is 6.42 Å². The number of nitrogens with zero attached hydrogens (tertiary/aromatic N) is 1. The van der Waals surface area contributed by atoms with Crippen LogP contribution < -0.4 is 0 Å². The van der Waals surface area contributed by atoms with Crippen LogP contribution in [0.4, 0.5) is 0 Å². The number of imide groups is 1. The van der Waals surface area contributed by atoms with Gasteiger partial charge in [0, 0.05) is 18.2 Å². The molecule has 0 aromatic heterocycles. The summed E-state index contributed by atoms with van der Waals surface area (Å²) in [5, 5.41) is -0.278. The van der Waals surface area contributed by atoms with E-state index in [1.807, 2.05) is 13.8 Å². The molecule has 2 fully saturated rings. The number of amides is 2. The number of carbonyl (C=O) groups is 3. The van der Waals surface area contributed by atoms with E-state index in [1.54, 1.807) is 0 Å². The average Bonchev–Trinajstić information content (AvgIpc) is 3.07. The molecule has 1 aliphatic heterocycles. The quantitative estimate of drug-likeness (QED) is 0.550. The van der Waals surface area contributed by atoms with Crippen molar-refractivity contribution in [1.82, 2.24) is 4.90 Å². The van der Waals surface area contributed by atoms with E-state index < -0.39 is 0 Å². The number of likely N-dealkylation sites (tertiary alicyclic amines) is 1. The Hall–Kier alpha value is -1.04. The van der Waals surface area contributed by atoms with Crippen LogP contribution in [0, 0.1) is 5.41 Å². The Balaban J connectivity index is 1.88. The normalized spacial score (nSPS) is 24.4. The summed E-state index contributed by atoms with van der Waals surface area (Å²) >= 11 is 1.52. The summed E-state index contributed by atoms with van der Waals surface area (Å²) < 4.78 is 4.71. The van der Waals surface area contributed by atoms with Crippen molar-refractivity contribution in [2.45, 2.75) is 50.8 Å². The molecule has 1 saturated heterocycles. The standard InChI is InChI=1S/C14H21NO4S/c1-9(2)15-11(16)6-10(13(15)18)20-8-14(4-5-14)7-12(17)19-3/h9-10H,4-8H2,1-3H3. The first-order chi connectivity index (χ1) is 9.38. The number of thioether (sulfide) groups is 1. The maximum absolute atomic E-state index is 12.2. The highest BCUT2D eigenvalue weighted by Crippen LogP contribution is 2.52. The summed E-state index contributed by atoms with van der Waals surface area (Å²) in [6.45, 7) is 3.70. The Morgan fingerprint density at radius 3 is 2.55 bits per heavy atom. The van der Waals surface area contributed by atoms with Gasteiger partial charge in [-0.25, -0.2) is 0 Å². The Morgan fingerprint density at radius 2 is 2.10 bits per heavy atom. The first-order valence-electron chi connectivity index (χ1n) is 6.93. The van der Waals surface area contributed by atoms with E-state index in [2.05, 4.69) is 0 Å². The first kappa shape index (κ1) is 15.4. The average molecular weight is 299 g/mol. The molecule has 5 nitrogen and oxygen atoms in total. The van der Waals surface area contributed by atoms with Crippen LogP contribution in [0.3, 0.4) is 0 Å². The summed E-state index contributed by atoms with van der Waals surface area (Å²) in [5.74, 6) is 0.391. The van der Waals surface area contributed by atoms with Crippen LogP contribution in [0.15, 0.2) is 0 Å². The van der Waals surface area contributed by atoms with Gasteiger partial charge in [-0.15, -0.1) is 11.8 Å². The fraction of sp³-hybridized carbons (Fsp3) is 0.786. The second-order valence-corrected chi connectivity index (χ2v) is 7.14. The molecule has 2 aliphatic rings. The van der Waals surface area contributed by atoms with Gasteiger partial charge in [-0.3, -0.25) is 19.3 Å². The number of methoxy groups -OCH3 is 1. The zero-order valence-corrected chi connectivity index (χ0v) is 13.0. The van der Waals surface area contributed by atoms with Crippen molar-refractivity contribution in [3.63, 3.8) is 0 Å². The Bertz CT molecular complexity index is 431. The molecule has 20 heavy (non-hydrogen) atoms. The predicted molar refractivity (Wildman–Crippen MR) is 76.2 cm³/mol. The van der Waals surface area contributed by atoms with E-state index >= 15 is 0 Å². The molecule has 0 bridgehead atoms. The van der Waals surface area contributed by atoms with Gasteiger partial charge in [0.2, 0.25) is 11.8 Å². The number of ether oxygens (including phenoxy) is 1. The smallest absolute Gasteiger partial charge is 0.306 e. The Labute approximate surface area is 123 Å². The monoisotopic (exact) mass is 299 g/mol. The van der Waals surface area contributed by atoms with Crippen molar-refractivity contribution in [2.24, 2.45) is 5.41 Å². The summed E-state index contributed by atoms with van der Waals surface area (Å²) in [6, 6.07) is -0.0782. The van der Waals surface area contributed by atoms with Crippen molar-refractivity contribution < 1.29 is 19.1 Å². The fourth-order valence-electron chi connectivity index (χ4n) is 2.50. The molecule has 2 rings (SSSR count). The maximum atomic E-state index is 12.2. The molecule has 1 aliphatic carbocycles. The van der Waals surface area contributed by atoms with Crippen molar-refractivity contribution >= 4 is 29.5 Å². The minimum atomic E-state index is -0.278. The van der Waals surface area contributed by atoms with Crippen molar-refractivity contribution in [2.75, 3.05) is 12.9 Å². The lowest BCUT2D eigenvalue weighted by Crippen LogP contribution is -2.37. The second kappa shape index (κ2) is 5.76. The highest BCUT2D eigenvalue weighted by atomic mass is 32.2. The van der Waals surface area contributed by atoms with Gasteiger partial charge in [-0.2, -0.15) is 0 Å². The second-order valence-electron chi connectivity index (χ2n) is 5.95. The third-order valence-corrected chi connectivity index (χ3v) is 5.50. The fourth-order valence-corrected chi connectivity index (χ4v) is 3.96. The first-order valence-corrected chi connectivity index (χ1v) is 7.98. The lowest BCUT2D eigenvalue weighted by Gasteiger charge is -2.19. The van der Waals surface area contributed by atoms with E-state index in [4.69, 9.17) is 4.74 Å². The third kappa shape index (κ3) is 3.16. The van der Waals surface area contributed by atoms with E-state index in [-0.39, 0.29) is 40.9 Å². The summed E-state index contributed by atoms with van der Waals surface area (Å²) in [5.41, 5.74) is -0.00760. The minimum Gasteiger partial charge on any atom is -0.469 e. The van der Waals surface area contributed by atoms with E-state index in [1.165, 1.54) is 23.8 Å². The van der Waals surface area contributed by atoms with E-state index in [0.717, 1.165) is 18.6 Å². The van der Waals surface area contributed by atoms with Gasteiger partial charge < -0.3 is 4.74 Å². The molecular weight excluding hydrogens is 278 g/mol. The largest absolute Gasteiger partial charge is 0.469 e. The lowest BCUT2D eigenvalue weighted by molar-refractivity contribution is -0.142. The molecule has 1 atom stereocenters. The molecule has 6 heteroatoms. The van der Waals surface area contributed by atoms with Gasteiger partial charge >= 0.3 is 5.97 Å². The van der Waals surface area contributed by atoms with Gasteiger partial charge in [0.25, 0.3) is 0 Å². The van der Waals surface area contributed by atoms with Gasteiger partial charge in [0.15, 0.2) is 0 Å². The zero-order chi connectivity index (χ0) is 14.9. The van der Waals surface area contributed by atoms with Gasteiger partial charge in [0.1, 0.15) is 0 Å². The molecule has 2 amide bonds. The molecule has 0 radical (unpaired) electrons. The highest BCUT2D eigenvalue weighted by molar-refractivity contribution is 8.00. The Morgan fingerprint density at radius 1 is 1.45 bits per heavy atom. The van der Waals surface area contributed by atoms with Crippen molar-refractivity contribution in [3.05, 3.63) is 0 Å². The molecule has 0 N–H and O–H groups in total. The van der Waals surface area contributed by atoms with Crippen LogP contribution in [0.5, 0.6) is 0 Å². The molecule has 112 valence electrons. The molecular formula is C14H21NO4S. The van der Waals surface area contributed by atoms with Gasteiger partial charge in [-0.05, 0) is 32.1 Å². The molecule has 1 heterocycles. The minimum absolute atomic E-state index is 0.00760. The molecule has 0 aromatic carbocycles. The van der Waals surface area contributed by atoms with Crippen LogP contribution in [0.1, 0.15) is 39.5 Å². The summed E-state index contributed by atoms with van der Waals surface area (Å²) in [7, 11) is 1.39. The molecule has 0 aromatic rings. The molecule has 1 saturated carbocycles. The number of carbonyl (C=O) groups excluding carboxylic acids is 3.